The number of nitrogens with zero attached hydrogens (tertiary/aromatic N) is 1. The minimum atomic E-state index is -0.347. The molecular formula is C13H10BrFN2O. The zero-order valence-electron chi connectivity index (χ0n) is 9.58. The molecule has 1 amide bonds. The third kappa shape index (κ3) is 2.92. The van der Waals surface area contributed by atoms with Crippen molar-refractivity contribution in [2.75, 3.05) is 5.32 Å². The van der Waals surface area contributed by atoms with Gasteiger partial charge in [0.05, 0.1) is 5.56 Å². The highest BCUT2D eigenvalue weighted by atomic mass is 79.9. The van der Waals surface area contributed by atoms with Gasteiger partial charge in [-0.1, -0.05) is 6.07 Å². The standard InChI is InChI=1S/C13H10BrFN2O/c1-8-2-3-11(5-12(8)15)17-13(18)9-4-10(14)7-16-6-9/h2-7H,1H3,(H,17,18). The summed E-state index contributed by atoms with van der Waals surface area (Å²) < 4.78 is 14.0. The highest BCUT2D eigenvalue weighted by Crippen LogP contribution is 2.15. The van der Waals surface area contributed by atoms with Crippen LogP contribution in [0.4, 0.5) is 10.1 Å². The quantitative estimate of drug-likeness (QED) is 0.922. The van der Waals surface area contributed by atoms with Crippen LogP contribution in [-0.4, -0.2) is 10.9 Å². The molecule has 0 saturated carbocycles. The van der Waals surface area contributed by atoms with Gasteiger partial charge in [-0.25, -0.2) is 4.39 Å². The number of hydrogen-bond donors (Lipinski definition) is 1. The van der Waals surface area contributed by atoms with Gasteiger partial charge in [-0.05, 0) is 46.6 Å². The molecule has 1 aromatic heterocycles. The molecule has 0 spiro atoms. The maximum atomic E-state index is 13.3. The Bertz CT molecular complexity index is 601. The molecule has 0 bridgehead atoms. The van der Waals surface area contributed by atoms with E-state index in [1.165, 1.54) is 12.3 Å². The highest BCUT2D eigenvalue weighted by molar-refractivity contribution is 9.10. The Morgan fingerprint density at radius 3 is 2.78 bits per heavy atom. The number of hydrogen-bond acceptors (Lipinski definition) is 2. The van der Waals surface area contributed by atoms with E-state index in [1.807, 2.05) is 0 Å². The van der Waals surface area contributed by atoms with E-state index < -0.39 is 0 Å². The highest BCUT2D eigenvalue weighted by Gasteiger charge is 2.08. The summed E-state index contributed by atoms with van der Waals surface area (Å²) >= 11 is 3.23. The van der Waals surface area contributed by atoms with Crippen molar-refractivity contribution in [1.82, 2.24) is 4.98 Å². The summed E-state index contributed by atoms with van der Waals surface area (Å²) in [5.41, 5.74) is 1.37. The average Bonchev–Trinajstić information content (AvgIpc) is 2.34. The molecule has 1 heterocycles. The third-order valence-corrected chi connectivity index (χ3v) is 2.83. The SMILES string of the molecule is Cc1ccc(NC(=O)c2cncc(Br)c2)cc1F. The van der Waals surface area contributed by atoms with E-state index in [4.69, 9.17) is 0 Å². The Labute approximate surface area is 112 Å². The Morgan fingerprint density at radius 2 is 2.11 bits per heavy atom. The van der Waals surface area contributed by atoms with E-state index in [0.717, 1.165) is 0 Å². The fraction of sp³-hybridized carbons (Fsp3) is 0.0769. The molecule has 1 aromatic carbocycles. The van der Waals surface area contributed by atoms with Crippen LogP contribution in [0.2, 0.25) is 0 Å². The first kappa shape index (κ1) is 12.7. The van der Waals surface area contributed by atoms with Crippen LogP contribution in [0.5, 0.6) is 0 Å². The Morgan fingerprint density at radius 1 is 1.33 bits per heavy atom. The number of pyridine rings is 1. The number of rotatable bonds is 2. The van der Waals surface area contributed by atoms with Gasteiger partial charge in [0.2, 0.25) is 0 Å². The Kier molecular flexibility index (Phi) is 3.72. The van der Waals surface area contributed by atoms with Crippen LogP contribution in [0.25, 0.3) is 0 Å². The van der Waals surface area contributed by atoms with Crippen LogP contribution in [0, 0.1) is 12.7 Å². The van der Waals surface area contributed by atoms with Gasteiger partial charge >= 0.3 is 0 Å². The lowest BCUT2D eigenvalue weighted by Gasteiger charge is -2.06. The van der Waals surface area contributed by atoms with Crippen LogP contribution in [0.15, 0.2) is 41.1 Å². The van der Waals surface area contributed by atoms with Crippen molar-refractivity contribution >= 4 is 27.5 Å². The van der Waals surface area contributed by atoms with Gasteiger partial charge in [0.25, 0.3) is 5.91 Å². The summed E-state index contributed by atoms with van der Waals surface area (Å²) in [5.74, 6) is -0.674. The van der Waals surface area contributed by atoms with Gasteiger partial charge in [0, 0.05) is 22.6 Å². The number of nitrogens with one attached hydrogen (secondary N) is 1. The molecule has 3 nitrogen and oxygen atoms in total. The average molecular weight is 309 g/mol. The van der Waals surface area contributed by atoms with Crippen molar-refractivity contribution in [3.05, 3.63) is 58.1 Å². The second-order valence-electron chi connectivity index (χ2n) is 3.81. The van der Waals surface area contributed by atoms with Crippen molar-refractivity contribution < 1.29 is 9.18 Å². The fourth-order valence-electron chi connectivity index (χ4n) is 1.41. The number of benzene rings is 1. The summed E-state index contributed by atoms with van der Waals surface area (Å²) in [6, 6.07) is 6.21. The molecule has 0 aliphatic rings. The molecule has 0 fully saturated rings. The van der Waals surface area contributed by atoms with E-state index >= 15 is 0 Å². The molecule has 0 saturated heterocycles. The molecule has 18 heavy (non-hydrogen) atoms. The first-order chi connectivity index (χ1) is 8.56. The molecule has 0 radical (unpaired) electrons. The van der Waals surface area contributed by atoms with Gasteiger partial charge in [0.15, 0.2) is 0 Å². The number of amides is 1. The van der Waals surface area contributed by atoms with Crippen LogP contribution in [-0.2, 0) is 0 Å². The van der Waals surface area contributed by atoms with Crippen LogP contribution < -0.4 is 5.32 Å². The number of anilines is 1. The fourth-order valence-corrected chi connectivity index (χ4v) is 1.77. The zero-order chi connectivity index (χ0) is 13.1. The summed E-state index contributed by atoms with van der Waals surface area (Å²) in [4.78, 5) is 15.8. The summed E-state index contributed by atoms with van der Waals surface area (Å²) in [5, 5.41) is 2.61. The summed E-state index contributed by atoms with van der Waals surface area (Å²) in [7, 11) is 0. The molecule has 5 heteroatoms. The molecular weight excluding hydrogens is 299 g/mol. The molecule has 92 valence electrons. The first-order valence-corrected chi connectivity index (χ1v) is 6.03. The third-order valence-electron chi connectivity index (χ3n) is 2.40. The second-order valence-corrected chi connectivity index (χ2v) is 4.73. The van der Waals surface area contributed by atoms with Crippen LogP contribution in [0.3, 0.4) is 0 Å². The van der Waals surface area contributed by atoms with Crippen molar-refractivity contribution in [3.8, 4) is 0 Å². The van der Waals surface area contributed by atoms with Crippen molar-refractivity contribution in [1.29, 1.82) is 0 Å². The molecule has 2 aromatic rings. The van der Waals surface area contributed by atoms with Crippen molar-refractivity contribution in [2.45, 2.75) is 6.92 Å². The molecule has 1 N–H and O–H groups in total. The lowest BCUT2D eigenvalue weighted by atomic mass is 10.2. The maximum Gasteiger partial charge on any atom is 0.257 e. The Balaban J connectivity index is 2.18. The van der Waals surface area contributed by atoms with E-state index in [9.17, 15) is 9.18 Å². The summed E-state index contributed by atoms with van der Waals surface area (Å²) in [6.45, 7) is 1.67. The number of carbonyl (C=O) groups excluding carboxylic acids is 1. The van der Waals surface area contributed by atoms with Crippen LogP contribution in [0.1, 0.15) is 15.9 Å². The number of carbonyl (C=O) groups is 1. The van der Waals surface area contributed by atoms with E-state index in [0.29, 0.717) is 21.3 Å². The van der Waals surface area contributed by atoms with Gasteiger partial charge in [-0.15, -0.1) is 0 Å². The second kappa shape index (κ2) is 5.27. The molecule has 0 atom stereocenters. The van der Waals surface area contributed by atoms with Crippen molar-refractivity contribution in [2.24, 2.45) is 0 Å². The van der Waals surface area contributed by atoms with Crippen molar-refractivity contribution in [3.63, 3.8) is 0 Å². The summed E-state index contributed by atoms with van der Waals surface area (Å²) in [6.07, 6.45) is 3.03. The van der Waals surface area contributed by atoms with E-state index in [2.05, 4.69) is 26.2 Å². The van der Waals surface area contributed by atoms with Gasteiger partial charge < -0.3 is 5.32 Å². The van der Waals surface area contributed by atoms with Gasteiger partial charge in [-0.2, -0.15) is 0 Å². The topological polar surface area (TPSA) is 42.0 Å². The zero-order valence-corrected chi connectivity index (χ0v) is 11.2. The minimum absolute atomic E-state index is 0.327. The molecule has 0 aliphatic carbocycles. The minimum Gasteiger partial charge on any atom is -0.322 e. The number of aryl methyl sites for hydroxylation is 1. The van der Waals surface area contributed by atoms with Gasteiger partial charge in [0.1, 0.15) is 5.82 Å². The molecule has 2 rings (SSSR count). The smallest absolute Gasteiger partial charge is 0.257 e. The molecule has 0 aliphatic heterocycles. The maximum absolute atomic E-state index is 13.3. The lowest BCUT2D eigenvalue weighted by Crippen LogP contribution is -2.12. The molecule has 0 unspecified atom stereocenters. The van der Waals surface area contributed by atoms with E-state index in [-0.39, 0.29) is 11.7 Å². The first-order valence-electron chi connectivity index (χ1n) is 5.24. The lowest BCUT2D eigenvalue weighted by molar-refractivity contribution is 0.102. The largest absolute Gasteiger partial charge is 0.322 e. The Hall–Kier alpha value is -1.75. The normalized spacial score (nSPS) is 10.2. The predicted molar refractivity (Wildman–Crippen MR) is 71.0 cm³/mol. The predicted octanol–water partition coefficient (Wildman–Crippen LogP) is 3.54. The number of halogens is 2. The van der Waals surface area contributed by atoms with E-state index in [1.54, 1.807) is 31.3 Å². The van der Waals surface area contributed by atoms with Crippen LogP contribution >= 0.6 is 15.9 Å². The number of aromatic nitrogens is 1. The monoisotopic (exact) mass is 308 g/mol. The van der Waals surface area contributed by atoms with Gasteiger partial charge in [-0.3, -0.25) is 9.78 Å².